The largest absolute Gasteiger partial charge is 0.474 e. The van der Waals surface area contributed by atoms with E-state index in [1.165, 1.54) is 119 Å². The van der Waals surface area contributed by atoms with Gasteiger partial charge in [0, 0.05) is 12.7 Å². The van der Waals surface area contributed by atoms with Crippen LogP contribution in [0.2, 0.25) is 0 Å². The van der Waals surface area contributed by atoms with Gasteiger partial charge in [-0.25, -0.2) is 14.1 Å². The number of rotatable bonds is 31. The van der Waals surface area contributed by atoms with Crippen LogP contribution < -0.4 is 10.5 Å². The smallest absolute Gasteiger partial charge is 0.472 e. The number of nitrogen functional groups attached to an aromatic ring is 1. The number of unbranched alkanes of at least 4 members (excludes halogenated alkanes) is 15. The Kier molecular flexibility index (Phi) is 21.5. The lowest BCUT2D eigenvalue weighted by molar-refractivity contribution is -0.0816. The average Bonchev–Trinajstić information content (AvgIpc) is 3.63. The third-order valence-corrected chi connectivity index (χ3v) is 10.1. The third kappa shape index (κ3) is 17.2. The molecular formula is C37H57N8O9P. The minimum atomic E-state index is -4.89. The number of nitriles is 2. The summed E-state index contributed by atoms with van der Waals surface area (Å²) in [6.45, 7) is 1.38. The fourth-order valence-electron chi connectivity index (χ4n) is 5.94. The third-order valence-electron chi connectivity index (χ3n) is 9.02. The molecular weight excluding hydrogens is 731 g/mol. The maximum atomic E-state index is 13.1. The second kappa shape index (κ2) is 26.0. The van der Waals surface area contributed by atoms with E-state index in [1.807, 2.05) is 6.07 Å². The Hall–Kier alpha value is -3.93. The number of ether oxygens (including phenoxy) is 3. The first-order chi connectivity index (χ1) is 26.7. The van der Waals surface area contributed by atoms with Crippen LogP contribution in [-0.4, -0.2) is 84.6 Å². The predicted molar refractivity (Wildman–Crippen MR) is 202 cm³/mol. The molecule has 0 spiro atoms. The van der Waals surface area contributed by atoms with Crippen molar-refractivity contribution < 1.29 is 42.9 Å². The summed E-state index contributed by atoms with van der Waals surface area (Å²) >= 11 is 0. The first-order valence-electron chi connectivity index (χ1n) is 19.3. The molecule has 1 unspecified atom stereocenters. The number of hydrogen-bond donors (Lipinski definition) is 4. The summed E-state index contributed by atoms with van der Waals surface area (Å²) in [6, 6.07) is 7.65. The first kappa shape index (κ1) is 45.5. The molecule has 0 amide bonds. The Bertz CT molecular complexity index is 1640. The van der Waals surface area contributed by atoms with Gasteiger partial charge in [-0.15, -0.1) is 10.2 Å². The highest BCUT2D eigenvalue weighted by atomic mass is 31.2. The van der Waals surface area contributed by atoms with E-state index in [2.05, 4.69) is 27.2 Å². The summed E-state index contributed by atoms with van der Waals surface area (Å²) < 4.78 is 41.0. The molecule has 0 aliphatic rings. The Balaban J connectivity index is 1.42. The van der Waals surface area contributed by atoms with Crippen molar-refractivity contribution in [2.45, 2.75) is 134 Å². The van der Waals surface area contributed by atoms with Gasteiger partial charge in [0.25, 0.3) is 6.26 Å². The molecule has 0 aliphatic carbocycles. The number of hydrogen-bond acceptors (Lipinski definition) is 15. The second-order valence-corrected chi connectivity index (χ2v) is 14.8. The maximum absolute atomic E-state index is 13.1. The van der Waals surface area contributed by atoms with Crippen LogP contribution in [0.15, 0.2) is 30.6 Å². The van der Waals surface area contributed by atoms with Crippen molar-refractivity contribution in [3.8, 4) is 18.2 Å². The van der Waals surface area contributed by atoms with Crippen molar-refractivity contribution in [1.29, 1.82) is 10.5 Å². The van der Waals surface area contributed by atoms with Gasteiger partial charge in [0.2, 0.25) is 5.88 Å². The molecule has 3 rings (SSSR count). The zero-order valence-corrected chi connectivity index (χ0v) is 32.7. The number of aliphatic hydroxyl groups is 2. The maximum Gasteiger partial charge on any atom is 0.472 e. The van der Waals surface area contributed by atoms with E-state index in [-0.39, 0.29) is 36.3 Å². The van der Waals surface area contributed by atoms with Crippen LogP contribution >= 0.6 is 7.82 Å². The van der Waals surface area contributed by atoms with Gasteiger partial charge in [0.1, 0.15) is 42.8 Å². The monoisotopic (exact) mass is 788 g/mol. The zero-order chi connectivity index (χ0) is 39.7. The summed E-state index contributed by atoms with van der Waals surface area (Å²) in [4.78, 5) is 14.5. The lowest BCUT2D eigenvalue weighted by atomic mass is 10.0. The van der Waals surface area contributed by atoms with Crippen LogP contribution in [0, 0.1) is 22.8 Å². The van der Waals surface area contributed by atoms with Crippen LogP contribution in [0.4, 0.5) is 5.82 Å². The minimum absolute atomic E-state index is 0.0450. The van der Waals surface area contributed by atoms with Gasteiger partial charge in [-0.05, 0) is 24.6 Å². The summed E-state index contributed by atoms with van der Waals surface area (Å²) in [7, 11) is -4.89. The molecule has 18 heteroatoms. The fourth-order valence-corrected chi connectivity index (χ4v) is 6.84. The number of nitrogens with two attached hydrogens (primary N) is 1. The SMILES string of the molecule is CCCCCCCCCCCCCCCCCCOC[C@H](COc1ccc(C#N)nn1)OP(=O)(O)OC[C@@H](OC#N)[C@@H](O)[C@@H](O)c1ccc2c(N)ncnn12. The number of aromatic nitrogens is 5. The fraction of sp³-hybridized carbons (Fsp3) is 0.676. The van der Waals surface area contributed by atoms with Crippen molar-refractivity contribution in [1.82, 2.24) is 24.8 Å². The normalized spacial score (nSPS) is 14.7. The van der Waals surface area contributed by atoms with E-state index in [0.717, 1.165) is 25.6 Å². The number of phosphoric acid groups is 1. The van der Waals surface area contributed by atoms with Crippen molar-refractivity contribution >= 4 is 19.2 Å². The standard InChI is InChI=1S/C37H57N8O9P/c1-2-3-4-5-6-7-8-9-10-11-12-13-14-15-16-17-22-50-24-30(25-51-34-21-18-29(23-38)43-44-34)54-55(48,49)53-26-33(52-27-39)36(47)35(46)31-19-20-32-37(40)41-28-42-45(31)32/h18-21,28,30,33,35-36,46-47H,2-17,22,24-26H2,1H3,(H,48,49)(H2,40,41,42)/t30-,33-,35+,36-/m1/s1. The molecule has 3 heterocycles. The lowest BCUT2D eigenvalue weighted by Gasteiger charge is -2.26. The molecule has 0 radical (unpaired) electrons. The van der Waals surface area contributed by atoms with Crippen molar-refractivity contribution in [3.63, 3.8) is 0 Å². The van der Waals surface area contributed by atoms with Gasteiger partial charge in [0.05, 0.1) is 18.9 Å². The number of fused-ring (bicyclic) bond motifs is 1. The number of aliphatic hydroxyl groups excluding tert-OH is 2. The van der Waals surface area contributed by atoms with Crippen molar-refractivity contribution in [2.75, 3.05) is 32.2 Å². The summed E-state index contributed by atoms with van der Waals surface area (Å²) in [5.41, 5.74) is 6.38. The van der Waals surface area contributed by atoms with Crippen molar-refractivity contribution in [2.24, 2.45) is 0 Å². The molecule has 0 aliphatic heterocycles. The lowest BCUT2D eigenvalue weighted by Crippen LogP contribution is -2.37. The summed E-state index contributed by atoms with van der Waals surface area (Å²) in [5.74, 6) is 0.178. The molecule has 5 atom stereocenters. The Morgan fingerprint density at radius 1 is 0.855 bits per heavy atom. The number of anilines is 1. The van der Waals surface area contributed by atoms with Gasteiger partial charge in [-0.2, -0.15) is 15.6 Å². The van der Waals surface area contributed by atoms with E-state index >= 15 is 0 Å². The number of phosphoric ester groups is 1. The van der Waals surface area contributed by atoms with Gasteiger partial charge in [-0.3, -0.25) is 9.05 Å². The summed E-state index contributed by atoms with van der Waals surface area (Å²) in [6.07, 6.45) is 16.3. The van der Waals surface area contributed by atoms with Gasteiger partial charge in [-0.1, -0.05) is 103 Å². The Morgan fingerprint density at radius 2 is 1.49 bits per heavy atom. The quantitative estimate of drug-likeness (QED) is 0.0327. The van der Waals surface area contributed by atoms with Crippen LogP contribution in [-0.2, 0) is 23.1 Å². The highest BCUT2D eigenvalue weighted by Crippen LogP contribution is 2.45. The molecule has 3 aromatic heterocycles. The molecule has 0 saturated heterocycles. The van der Waals surface area contributed by atoms with E-state index < -0.39 is 38.8 Å². The first-order valence-corrected chi connectivity index (χ1v) is 20.8. The molecule has 0 fully saturated rings. The predicted octanol–water partition coefficient (Wildman–Crippen LogP) is 6.09. The van der Waals surface area contributed by atoms with E-state index in [9.17, 15) is 24.9 Å². The zero-order valence-electron chi connectivity index (χ0n) is 31.8. The molecule has 5 N–H and O–H groups in total. The topological polar surface area (TPSA) is 253 Å². The molecule has 55 heavy (non-hydrogen) atoms. The van der Waals surface area contributed by atoms with E-state index in [0.29, 0.717) is 12.1 Å². The highest BCUT2D eigenvalue weighted by molar-refractivity contribution is 7.47. The van der Waals surface area contributed by atoms with E-state index in [1.54, 1.807) is 0 Å². The molecule has 0 bridgehead atoms. The average molecular weight is 789 g/mol. The number of nitrogens with zero attached hydrogens (tertiary/aromatic N) is 7. The van der Waals surface area contributed by atoms with Gasteiger partial charge in [0.15, 0.2) is 17.6 Å². The van der Waals surface area contributed by atoms with Gasteiger partial charge < -0.3 is 35.1 Å². The molecule has 17 nitrogen and oxygen atoms in total. The Labute approximate surface area is 323 Å². The van der Waals surface area contributed by atoms with E-state index in [4.69, 9.17) is 34.3 Å². The molecule has 304 valence electrons. The molecule has 0 saturated carbocycles. The van der Waals surface area contributed by atoms with Crippen LogP contribution in [0.3, 0.4) is 0 Å². The van der Waals surface area contributed by atoms with Crippen LogP contribution in [0.25, 0.3) is 5.52 Å². The second-order valence-electron chi connectivity index (χ2n) is 13.4. The Morgan fingerprint density at radius 3 is 2.07 bits per heavy atom. The van der Waals surface area contributed by atoms with Crippen molar-refractivity contribution in [3.05, 3.63) is 42.0 Å². The molecule has 0 aromatic carbocycles. The highest BCUT2D eigenvalue weighted by Gasteiger charge is 2.35. The van der Waals surface area contributed by atoms with Crippen LogP contribution in [0.1, 0.15) is 127 Å². The van der Waals surface area contributed by atoms with Crippen LogP contribution in [0.5, 0.6) is 5.88 Å². The summed E-state index contributed by atoms with van der Waals surface area (Å²) in [5, 5.41) is 51.4. The van der Waals surface area contributed by atoms with Gasteiger partial charge >= 0.3 is 7.82 Å². The minimum Gasteiger partial charge on any atom is -0.474 e. The molecule has 3 aromatic rings.